The fourth-order valence-corrected chi connectivity index (χ4v) is 2.08. The molecule has 1 nitrogen and oxygen atoms in total. The number of carbonyl (C=O) groups excluding carboxylic acids is 1. The summed E-state index contributed by atoms with van der Waals surface area (Å²) in [6, 6.07) is 0. The minimum absolute atomic E-state index is 0.191. The van der Waals surface area contributed by atoms with Gasteiger partial charge in [-0.1, -0.05) is 29.4 Å². The molecule has 0 saturated heterocycles. The van der Waals surface area contributed by atoms with Gasteiger partial charge >= 0.3 is 0 Å². The highest BCUT2D eigenvalue weighted by Gasteiger charge is 2.16. The number of hydrogen-bond donors (Lipinski definition) is 0. The molecular formula is C15H22O. The lowest BCUT2D eigenvalue weighted by Gasteiger charge is -2.22. The molecule has 0 aromatic rings. The van der Waals surface area contributed by atoms with E-state index in [1.54, 1.807) is 6.08 Å². The molecule has 0 aromatic carbocycles. The molecule has 0 spiro atoms. The zero-order valence-corrected chi connectivity index (χ0v) is 10.7. The molecule has 1 heteroatoms. The Hall–Kier alpha value is -1.11. The fourth-order valence-electron chi connectivity index (χ4n) is 2.08. The molecule has 0 unspecified atom stereocenters. The molecule has 0 aliphatic heterocycles. The standard InChI is InChI=1S/C15H22O/c1-11(2)9-15(16)10-13(4)14-7-5-12(3)6-8-14/h5,9,14H,4,6-8,10H2,1-3H3/t14-/m0/s1. The first-order valence-electron chi connectivity index (χ1n) is 6.00. The van der Waals surface area contributed by atoms with Gasteiger partial charge in [0.2, 0.25) is 0 Å². The first-order valence-corrected chi connectivity index (χ1v) is 6.00. The van der Waals surface area contributed by atoms with Gasteiger partial charge in [0.25, 0.3) is 0 Å². The third-order valence-electron chi connectivity index (χ3n) is 3.07. The maximum Gasteiger partial charge on any atom is 0.159 e. The van der Waals surface area contributed by atoms with E-state index in [9.17, 15) is 4.79 Å². The molecule has 1 atom stereocenters. The second-order valence-corrected chi connectivity index (χ2v) is 5.04. The van der Waals surface area contributed by atoms with E-state index in [2.05, 4.69) is 19.6 Å². The lowest BCUT2D eigenvalue weighted by atomic mass is 9.83. The Kier molecular flexibility index (Phi) is 4.72. The molecular weight excluding hydrogens is 196 g/mol. The van der Waals surface area contributed by atoms with Crippen molar-refractivity contribution < 1.29 is 4.79 Å². The van der Waals surface area contributed by atoms with E-state index in [-0.39, 0.29) is 5.78 Å². The molecule has 1 aliphatic carbocycles. The first-order chi connectivity index (χ1) is 7.49. The van der Waals surface area contributed by atoms with Crippen molar-refractivity contribution in [2.45, 2.75) is 46.5 Å². The number of rotatable bonds is 4. The fraction of sp³-hybridized carbons (Fsp3) is 0.533. The van der Waals surface area contributed by atoms with Crippen LogP contribution in [0.4, 0.5) is 0 Å². The predicted octanol–water partition coefficient (Wildman–Crippen LogP) is 4.21. The third-order valence-corrected chi connectivity index (χ3v) is 3.07. The molecule has 0 aromatic heterocycles. The number of allylic oxidation sites excluding steroid dienone is 5. The average Bonchev–Trinajstić information content (AvgIpc) is 2.16. The van der Waals surface area contributed by atoms with E-state index < -0.39 is 0 Å². The van der Waals surface area contributed by atoms with Crippen LogP contribution in [0.25, 0.3) is 0 Å². The van der Waals surface area contributed by atoms with Crippen molar-refractivity contribution >= 4 is 5.78 Å². The van der Waals surface area contributed by atoms with Gasteiger partial charge in [0.15, 0.2) is 5.78 Å². The summed E-state index contributed by atoms with van der Waals surface area (Å²) in [6.45, 7) is 10.1. The minimum Gasteiger partial charge on any atom is -0.295 e. The Bertz CT molecular complexity index is 340. The summed E-state index contributed by atoms with van der Waals surface area (Å²) in [6.07, 6.45) is 7.89. The second kappa shape index (κ2) is 5.83. The van der Waals surface area contributed by atoms with Crippen LogP contribution in [-0.4, -0.2) is 5.78 Å². The van der Waals surface area contributed by atoms with Crippen molar-refractivity contribution in [3.8, 4) is 0 Å². The topological polar surface area (TPSA) is 17.1 Å². The largest absolute Gasteiger partial charge is 0.295 e. The van der Waals surface area contributed by atoms with Gasteiger partial charge in [0.05, 0.1) is 0 Å². The van der Waals surface area contributed by atoms with Crippen LogP contribution >= 0.6 is 0 Å². The molecule has 0 amide bonds. The second-order valence-electron chi connectivity index (χ2n) is 5.04. The Morgan fingerprint density at radius 1 is 1.56 bits per heavy atom. The average molecular weight is 218 g/mol. The van der Waals surface area contributed by atoms with Crippen molar-refractivity contribution in [3.05, 3.63) is 35.5 Å². The summed E-state index contributed by atoms with van der Waals surface area (Å²) >= 11 is 0. The van der Waals surface area contributed by atoms with Gasteiger partial charge in [-0.25, -0.2) is 0 Å². The number of carbonyl (C=O) groups is 1. The first kappa shape index (κ1) is 13.0. The van der Waals surface area contributed by atoms with Crippen molar-refractivity contribution in [2.75, 3.05) is 0 Å². The summed E-state index contributed by atoms with van der Waals surface area (Å²) in [4.78, 5) is 11.6. The maximum absolute atomic E-state index is 11.6. The molecule has 16 heavy (non-hydrogen) atoms. The summed E-state index contributed by atoms with van der Waals surface area (Å²) in [5.74, 6) is 0.703. The maximum atomic E-state index is 11.6. The highest BCUT2D eigenvalue weighted by atomic mass is 16.1. The summed E-state index contributed by atoms with van der Waals surface area (Å²) in [5.41, 5.74) is 3.64. The van der Waals surface area contributed by atoms with E-state index >= 15 is 0 Å². The molecule has 88 valence electrons. The van der Waals surface area contributed by atoms with Crippen LogP contribution in [0, 0.1) is 5.92 Å². The van der Waals surface area contributed by atoms with Gasteiger partial charge in [0.1, 0.15) is 0 Å². The van der Waals surface area contributed by atoms with Gasteiger partial charge in [-0.05, 0) is 52.0 Å². The normalized spacial score (nSPS) is 19.9. The summed E-state index contributed by atoms with van der Waals surface area (Å²) < 4.78 is 0. The molecule has 0 radical (unpaired) electrons. The Morgan fingerprint density at radius 3 is 2.75 bits per heavy atom. The van der Waals surface area contributed by atoms with Gasteiger partial charge in [-0.2, -0.15) is 0 Å². The van der Waals surface area contributed by atoms with Crippen molar-refractivity contribution in [2.24, 2.45) is 5.92 Å². The summed E-state index contributed by atoms with van der Waals surface area (Å²) in [5, 5.41) is 0. The Morgan fingerprint density at radius 2 is 2.25 bits per heavy atom. The van der Waals surface area contributed by atoms with E-state index in [1.807, 2.05) is 13.8 Å². The molecule has 1 rings (SSSR count). The van der Waals surface area contributed by atoms with E-state index in [4.69, 9.17) is 0 Å². The number of hydrogen-bond acceptors (Lipinski definition) is 1. The van der Waals surface area contributed by atoms with Gasteiger partial charge in [-0.15, -0.1) is 0 Å². The van der Waals surface area contributed by atoms with Crippen molar-refractivity contribution in [1.29, 1.82) is 0 Å². The van der Waals surface area contributed by atoms with Crippen LogP contribution in [0.15, 0.2) is 35.5 Å². The Labute approximate surface area is 98.9 Å². The molecule has 0 saturated carbocycles. The van der Waals surface area contributed by atoms with Gasteiger partial charge in [0, 0.05) is 6.42 Å². The lowest BCUT2D eigenvalue weighted by molar-refractivity contribution is -0.114. The van der Waals surface area contributed by atoms with E-state index in [0.717, 1.165) is 30.4 Å². The smallest absolute Gasteiger partial charge is 0.159 e. The van der Waals surface area contributed by atoms with Crippen LogP contribution in [0.1, 0.15) is 46.5 Å². The van der Waals surface area contributed by atoms with Crippen LogP contribution in [-0.2, 0) is 4.79 Å². The molecule has 0 heterocycles. The highest BCUT2D eigenvalue weighted by molar-refractivity contribution is 5.91. The zero-order valence-electron chi connectivity index (χ0n) is 10.7. The monoisotopic (exact) mass is 218 g/mol. The van der Waals surface area contributed by atoms with Crippen molar-refractivity contribution in [1.82, 2.24) is 0 Å². The molecule has 1 aliphatic rings. The molecule has 0 fully saturated rings. The molecule has 0 N–H and O–H groups in total. The predicted molar refractivity (Wildman–Crippen MR) is 69.3 cm³/mol. The van der Waals surface area contributed by atoms with Crippen LogP contribution < -0.4 is 0 Å². The van der Waals surface area contributed by atoms with E-state index in [1.165, 1.54) is 5.57 Å². The molecule has 0 bridgehead atoms. The van der Waals surface area contributed by atoms with Gasteiger partial charge < -0.3 is 0 Å². The van der Waals surface area contributed by atoms with Crippen LogP contribution in [0.5, 0.6) is 0 Å². The highest BCUT2D eigenvalue weighted by Crippen LogP contribution is 2.29. The van der Waals surface area contributed by atoms with Crippen molar-refractivity contribution in [3.63, 3.8) is 0 Å². The quantitative estimate of drug-likeness (QED) is 0.510. The lowest BCUT2D eigenvalue weighted by Crippen LogP contribution is -2.10. The van der Waals surface area contributed by atoms with Gasteiger partial charge in [-0.3, -0.25) is 4.79 Å². The van der Waals surface area contributed by atoms with E-state index in [0.29, 0.717) is 12.3 Å². The SMILES string of the molecule is C=C(CC(=O)C=C(C)C)[C@H]1CC=C(C)CC1. The summed E-state index contributed by atoms with van der Waals surface area (Å²) in [7, 11) is 0. The Balaban J connectivity index is 2.48. The van der Waals surface area contributed by atoms with Crippen LogP contribution in [0.3, 0.4) is 0 Å². The number of ketones is 1. The van der Waals surface area contributed by atoms with Crippen LogP contribution in [0.2, 0.25) is 0 Å². The zero-order chi connectivity index (χ0) is 12.1. The minimum atomic E-state index is 0.191. The third kappa shape index (κ3) is 4.18.